The summed E-state index contributed by atoms with van der Waals surface area (Å²) in [5, 5.41) is 6.27. The molecule has 0 unspecified atom stereocenters. The number of carbonyl (C=O) groups excluding carboxylic acids is 1. The van der Waals surface area contributed by atoms with Gasteiger partial charge in [0.25, 0.3) is 0 Å². The molecule has 0 saturated heterocycles. The molecule has 0 aliphatic heterocycles. The van der Waals surface area contributed by atoms with E-state index in [-0.39, 0.29) is 5.91 Å². The van der Waals surface area contributed by atoms with Gasteiger partial charge in [-0.25, -0.2) is 9.97 Å². The molecule has 0 radical (unpaired) electrons. The SMILES string of the molecule is Cc1cc(NCCCC(=O)NC2CC2)nc(C(C)C)n1. The summed E-state index contributed by atoms with van der Waals surface area (Å²) in [5.74, 6) is 2.19. The van der Waals surface area contributed by atoms with E-state index in [4.69, 9.17) is 0 Å². The molecule has 0 spiro atoms. The van der Waals surface area contributed by atoms with E-state index in [1.54, 1.807) is 0 Å². The molecule has 110 valence electrons. The summed E-state index contributed by atoms with van der Waals surface area (Å²) in [7, 11) is 0. The Morgan fingerprint density at radius 1 is 1.40 bits per heavy atom. The van der Waals surface area contributed by atoms with Gasteiger partial charge < -0.3 is 10.6 Å². The number of hydrogen-bond donors (Lipinski definition) is 2. The van der Waals surface area contributed by atoms with E-state index in [2.05, 4.69) is 34.4 Å². The van der Waals surface area contributed by atoms with Crippen molar-refractivity contribution < 1.29 is 4.79 Å². The maximum atomic E-state index is 11.5. The maximum Gasteiger partial charge on any atom is 0.220 e. The lowest BCUT2D eigenvalue weighted by atomic mass is 10.2. The highest BCUT2D eigenvalue weighted by Crippen LogP contribution is 2.18. The molecule has 1 heterocycles. The first-order valence-corrected chi connectivity index (χ1v) is 7.43. The lowest BCUT2D eigenvalue weighted by Gasteiger charge is -2.10. The van der Waals surface area contributed by atoms with E-state index in [9.17, 15) is 4.79 Å². The highest BCUT2D eigenvalue weighted by molar-refractivity contribution is 5.76. The summed E-state index contributed by atoms with van der Waals surface area (Å²) in [4.78, 5) is 20.4. The number of hydrogen-bond acceptors (Lipinski definition) is 4. The predicted octanol–water partition coefficient (Wildman–Crippen LogP) is 2.38. The number of aryl methyl sites for hydroxylation is 1. The molecule has 5 heteroatoms. The Morgan fingerprint density at radius 2 is 2.15 bits per heavy atom. The zero-order chi connectivity index (χ0) is 14.5. The molecule has 1 aliphatic rings. The van der Waals surface area contributed by atoms with Gasteiger partial charge in [0.15, 0.2) is 0 Å². The average molecular weight is 276 g/mol. The second-order valence-electron chi connectivity index (χ2n) is 5.78. The van der Waals surface area contributed by atoms with E-state index in [1.165, 1.54) is 0 Å². The van der Waals surface area contributed by atoms with Gasteiger partial charge in [-0.15, -0.1) is 0 Å². The molecule has 0 atom stereocenters. The second-order valence-corrected chi connectivity index (χ2v) is 5.78. The molecule has 5 nitrogen and oxygen atoms in total. The highest BCUT2D eigenvalue weighted by atomic mass is 16.1. The Bertz CT molecular complexity index is 469. The van der Waals surface area contributed by atoms with E-state index >= 15 is 0 Å². The van der Waals surface area contributed by atoms with Crippen LogP contribution in [0.15, 0.2) is 6.07 Å². The van der Waals surface area contributed by atoms with Crippen LogP contribution in [-0.2, 0) is 4.79 Å². The first-order valence-electron chi connectivity index (χ1n) is 7.43. The molecule has 2 N–H and O–H groups in total. The van der Waals surface area contributed by atoms with Gasteiger partial charge >= 0.3 is 0 Å². The lowest BCUT2D eigenvalue weighted by molar-refractivity contribution is -0.121. The first-order chi connectivity index (χ1) is 9.54. The number of carbonyl (C=O) groups is 1. The van der Waals surface area contributed by atoms with Gasteiger partial charge in [-0.05, 0) is 26.2 Å². The van der Waals surface area contributed by atoms with Crippen molar-refractivity contribution in [3.63, 3.8) is 0 Å². The highest BCUT2D eigenvalue weighted by Gasteiger charge is 2.22. The Hall–Kier alpha value is -1.65. The van der Waals surface area contributed by atoms with Crippen molar-refractivity contribution in [1.82, 2.24) is 15.3 Å². The monoisotopic (exact) mass is 276 g/mol. The van der Waals surface area contributed by atoms with Gasteiger partial charge in [0.05, 0.1) is 0 Å². The van der Waals surface area contributed by atoms with E-state index in [0.29, 0.717) is 18.4 Å². The van der Waals surface area contributed by atoms with Crippen LogP contribution < -0.4 is 10.6 Å². The number of amides is 1. The van der Waals surface area contributed by atoms with Crippen LogP contribution >= 0.6 is 0 Å². The van der Waals surface area contributed by atoms with Crippen LogP contribution in [0.3, 0.4) is 0 Å². The zero-order valence-corrected chi connectivity index (χ0v) is 12.6. The van der Waals surface area contributed by atoms with E-state index in [1.807, 2.05) is 13.0 Å². The normalized spacial score (nSPS) is 14.4. The van der Waals surface area contributed by atoms with E-state index < -0.39 is 0 Å². The third-order valence-corrected chi connectivity index (χ3v) is 3.22. The topological polar surface area (TPSA) is 66.9 Å². The number of nitrogens with zero attached hydrogens (tertiary/aromatic N) is 2. The summed E-state index contributed by atoms with van der Waals surface area (Å²) < 4.78 is 0. The van der Waals surface area contributed by atoms with Gasteiger partial charge in [-0.3, -0.25) is 4.79 Å². The largest absolute Gasteiger partial charge is 0.370 e. The Labute approximate surface area is 120 Å². The van der Waals surface area contributed by atoms with Crippen LogP contribution in [0.2, 0.25) is 0 Å². The average Bonchev–Trinajstić information content (AvgIpc) is 3.18. The van der Waals surface area contributed by atoms with Crippen LogP contribution in [0.5, 0.6) is 0 Å². The minimum Gasteiger partial charge on any atom is -0.370 e. The van der Waals surface area contributed by atoms with Crippen LogP contribution in [0.1, 0.15) is 57.0 Å². The Balaban J connectivity index is 1.74. The summed E-state index contributed by atoms with van der Waals surface area (Å²) in [6, 6.07) is 2.39. The summed E-state index contributed by atoms with van der Waals surface area (Å²) >= 11 is 0. The van der Waals surface area contributed by atoms with Gasteiger partial charge in [-0.2, -0.15) is 0 Å². The second kappa shape index (κ2) is 6.68. The van der Waals surface area contributed by atoms with Gasteiger partial charge in [0, 0.05) is 36.7 Å². The Morgan fingerprint density at radius 3 is 2.80 bits per heavy atom. The van der Waals surface area contributed by atoms with Crippen LogP contribution in [0.4, 0.5) is 5.82 Å². The maximum absolute atomic E-state index is 11.5. The molecule has 20 heavy (non-hydrogen) atoms. The molecule has 1 fully saturated rings. The predicted molar refractivity (Wildman–Crippen MR) is 79.7 cm³/mol. The number of aromatic nitrogens is 2. The number of anilines is 1. The van der Waals surface area contributed by atoms with Crippen molar-refractivity contribution >= 4 is 11.7 Å². The van der Waals surface area contributed by atoms with Gasteiger partial charge in [0.2, 0.25) is 5.91 Å². The molecule has 1 amide bonds. The van der Waals surface area contributed by atoms with Crippen molar-refractivity contribution in [2.75, 3.05) is 11.9 Å². The molecule has 0 aromatic carbocycles. The van der Waals surface area contributed by atoms with E-state index in [0.717, 1.165) is 43.1 Å². The van der Waals surface area contributed by atoms with Crippen molar-refractivity contribution in [1.29, 1.82) is 0 Å². The van der Waals surface area contributed by atoms with Crippen LogP contribution in [0.25, 0.3) is 0 Å². The molecule has 1 aliphatic carbocycles. The lowest BCUT2D eigenvalue weighted by Crippen LogP contribution is -2.25. The fourth-order valence-corrected chi connectivity index (χ4v) is 1.93. The summed E-state index contributed by atoms with van der Waals surface area (Å²) in [6.07, 6.45) is 3.67. The third-order valence-electron chi connectivity index (χ3n) is 3.22. The minimum absolute atomic E-state index is 0.163. The fourth-order valence-electron chi connectivity index (χ4n) is 1.93. The van der Waals surface area contributed by atoms with Gasteiger partial charge in [0.1, 0.15) is 11.6 Å². The first kappa shape index (κ1) is 14.8. The zero-order valence-electron chi connectivity index (χ0n) is 12.6. The standard InChI is InChI=1S/C15H24N4O/c1-10(2)15-17-11(3)9-13(19-15)16-8-4-5-14(20)18-12-6-7-12/h9-10,12H,4-8H2,1-3H3,(H,18,20)(H,16,17,19). The molecular weight excluding hydrogens is 252 g/mol. The van der Waals surface area contributed by atoms with Crippen molar-refractivity contribution in [2.45, 2.75) is 58.4 Å². The molecule has 1 saturated carbocycles. The molecule has 0 bridgehead atoms. The van der Waals surface area contributed by atoms with Crippen molar-refractivity contribution in [3.8, 4) is 0 Å². The summed E-state index contributed by atoms with van der Waals surface area (Å²) in [5.41, 5.74) is 0.970. The third kappa shape index (κ3) is 4.79. The molecule has 1 aromatic heterocycles. The number of nitrogens with one attached hydrogen (secondary N) is 2. The van der Waals surface area contributed by atoms with Gasteiger partial charge in [-0.1, -0.05) is 13.8 Å². The quantitative estimate of drug-likeness (QED) is 0.750. The van der Waals surface area contributed by atoms with Crippen LogP contribution in [0, 0.1) is 6.92 Å². The molecule has 2 rings (SSSR count). The molecule has 1 aromatic rings. The number of rotatable bonds is 7. The van der Waals surface area contributed by atoms with Crippen molar-refractivity contribution in [2.24, 2.45) is 0 Å². The van der Waals surface area contributed by atoms with Crippen LogP contribution in [-0.4, -0.2) is 28.5 Å². The molecular formula is C15H24N4O. The van der Waals surface area contributed by atoms with Crippen molar-refractivity contribution in [3.05, 3.63) is 17.6 Å². The fraction of sp³-hybridized carbons (Fsp3) is 0.667. The summed E-state index contributed by atoms with van der Waals surface area (Å²) in [6.45, 7) is 6.90. The minimum atomic E-state index is 0.163. The smallest absolute Gasteiger partial charge is 0.220 e. The Kier molecular flexibility index (Phi) is 4.93.